The molecule has 0 radical (unpaired) electrons. The Morgan fingerprint density at radius 1 is 0.297 bits per heavy atom. The second kappa shape index (κ2) is 12.9. The molecule has 0 N–H and O–H groups in total. The maximum atomic E-state index is 2.49. The molecule has 13 rings (SSSR count). The number of anilines is 3. The van der Waals surface area contributed by atoms with Crippen molar-refractivity contribution in [2.24, 2.45) is 0 Å². The van der Waals surface area contributed by atoms with Crippen molar-refractivity contribution in [2.75, 3.05) is 4.90 Å². The Labute approximate surface area is 377 Å². The highest BCUT2D eigenvalue weighted by Gasteiger charge is 2.52. The van der Waals surface area contributed by atoms with E-state index >= 15 is 0 Å². The summed E-state index contributed by atoms with van der Waals surface area (Å²) in [4.78, 5) is 2.49. The largest absolute Gasteiger partial charge is 0.310 e. The molecule has 0 aromatic heterocycles. The Balaban J connectivity index is 0.995. The Morgan fingerprint density at radius 3 is 1.25 bits per heavy atom. The molecule has 0 aliphatic heterocycles. The molecule has 0 unspecified atom stereocenters. The van der Waals surface area contributed by atoms with E-state index in [0.717, 1.165) is 5.69 Å². The van der Waals surface area contributed by atoms with Gasteiger partial charge in [0.1, 0.15) is 0 Å². The summed E-state index contributed by atoms with van der Waals surface area (Å²) in [5.41, 5.74) is 29.7. The third-order valence-electron chi connectivity index (χ3n) is 15.6. The van der Waals surface area contributed by atoms with Crippen molar-refractivity contribution in [1.82, 2.24) is 0 Å². The summed E-state index contributed by atoms with van der Waals surface area (Å²) in [5.74, 6) is 0. The summed E-state index contributed by atoms with van der Waals surface area (Å²) in [7, 11) is 0. The van der Waals surface area contributed by atoms with Gasteiger partial charge in [-0.1, -0.05) is 190 Å². The zero-order valence-electron chi connectivity index (χ0n) is 37.3. The van der Waals surface area contributed by atoms with Crippen molar-refractivity contribution in [1.29, 1.82) is 0 Å². The highest BCUT2D eigenvalue weighted by molar-refractivity contribution is 6.00. The van der Waals surface area contributed by atoms with E-state index in [1.807, 2.05) is 0 Å². The van der Waals surface area contributed by atoms with Gasteiger partial charge in [0.25, 0.3) is 0 Å². The van der Waals surface area contributed by atoms with Crippen LogP contribution in [0.1, 0.15) is 83.3 Å². The van der Waals surface area contributed by atoms with Gasteiger partial charge in [0.15, 0.2) is 0 Å². The first-order chi connectivity index (χ1) is 31.1. The Morgan fingerprint density at radius 2 is 0.719 bits per heavy atom. The lowest BCUT2D eigenvalue weighted by Gasteiger charge is -2.31. The molecule has 64 heavy (non-hydrogen) atoms. The van der Waals surface area contributed by atoms with Gasteiger partial charge in [0.2, 0.25) is 0 Å². The molecular formula is C63H49N. The topological polar surface area (TPSA) is 3.24 Å². The molecule has 0 saturated heterocycles. The number of hydrogen-bond acceptors (Lipinski definition) is 1. The predicted octanol–water partition coefficient (Wildman–Crippen LogP) is 16.4. The zero-order valence-corrected chi connectivity index (χ0v) is 37.3. The Bertz CT molecular complexity index is 3320. The van der Waals surface area contributed by atoms with Crippen LogP contribution in [-0.2, 0) is 16.2 Å². The predicted molar refractivity (Wildman–Crippen MR) is 267 cm³/mol. The minimum absolute atomic E-state index is 0.114. The first-order valence-corrected chi connectivity index (χ1v) is 22.9. The third-order valence-corrected chi connectivity index (χ3v) is 15.6. The highest BCUT2D eigenvalue weighted by Crippen LogP contribution is 2.64. The minimum atomic E-state index is -0.386. The van der Waals surface area contributed by atoms with Gasteiger partial charge in [-0.2, -0.15) is 0 Å². The summed E-state index contributed by atoms with van der Waals surface area (Å²) in [6.45, 7) is 14.0. The molecule has 4 aliphatic rings. The van der Waals surface area contributed by atoms with E-state index in [1.54, 1.807) is 0 Å². The van der Waals surface area contributed by atoms with Crippen LogP contribution in [-0.4, -0.2) is 0 Å². The average Bonchev–Trinajstić information content (AvgIpc) is 3.94. The van der Waals surface area contributed by atoms with Crippen LogP contribution in [0.15, 0.2) is 188 Å². The standard InChI is InChI=1S/C63H49N/c1-38-23-30-50-58(34-38)63(54-21-13-9-17-46(54)47-18-10-14-22-55(47)63)59-35-39(2)33-51(60(50)59)40-24-26-41(27-25-40)64(42-28-31-48-44-15-7-11-19-52(44)61(3,4)56(48)36-42)43-29-32-49-45-16-8-12-20-53(45)62(5,6)57(49)37-43/h7-37H,1-6H3. The van der Waals surface area contributed by atoms with Crippen LogP contribution in [0.3, 0.4) is 0 Å². The molecule has 0 saturated carbocycles. The minimum Gasteiger partial charge on any atom is -0.310 e. The van der Waals surface area contributed by atoms with E-state index in [0.29, 0.717) is 0 Å². The van der Waals surface area contributed by atoms with E-state index in [-0.39, 0.29) is 16.2 Å². The molecule has 1 heteroatoms. The van der Waals surface area contributed by atoms with Gasteiger partial charge < -0.3 is 4.90 Å². The first kappa shape index (κ1) is 37.3. The van der Waals surface area contributed by atoms with Crippen molar-refractivity contribution in [2.45, 2.75) is 57.8 Å². The second-order valence-corrected chi connectivity index (χ2v) is 19.8. The summed E-state index contributed by atoms with van der Waals surface area (Å²) in [6.07, 6.45) is 0. The van der Waals surface area contributed by atoms with Gasteiger partial charge in [0.05, 0.1) is 5.41 Å². The second-order valence-electron chi connectivity index (χ2n) is 19.8. The van der Waals surface area contributed by atoms with Crippen LogP contribution in [0, 0.1) is 13.8 Å². The van der Waals surface area contributed by atoms with Crippen LogP contribution in [0.4, 0.5) is 17.1 Å². The van der Waals surface area contributed by atoms with E-state index < -0.39 is 0 Å². The van der Waals surface area contributed by atoms with Gasteiger partial charge in [-0.25, -0.2) is 0 Å². The van der Waals surface area contributed by atoms with Gasteiger partial charge in [-0.05, 0) is 150 Å². The Hall–Kier alpha value is -7.22. The van der Waals surface area contributed by atoms with E-state index in [1.165, 1.54) is 123 Å². The molecule has 4 aliphatic carbocycles. The van der Waals surface area contributed by atoms with Gasteiger partial charge in [-0.15, -0.1) is 0 Å². The van der Waals surface area contributed by atoms with Crippen molar-refractivity contribution in [3.63, 3.8) is 0 Å². The molecule has 9 aromatic rings. The molecule has 0 heterocycles. The molecule has 1 nitrogen and oxygen atoms in total. The third kappa shape index (κ3) is 4.79. The quantitative estimate of drug-likeness (QED) is 0.171. The lowest BCUT2D eigenvalue weighted by Crippen LogP contribution is -2.26. The van der Waals surface area contributed by atoms with E-state index in [2.05, 4.69) is 234 Å². The van der Waals surface area contributed by atoms with Gasteiger partial charge in [-0.3, -0.25) is 0 Å². The molecular weight excluding hydrogens is 771 g/mol. The normalized spacial score (nSPS) is 15.4. The summed E-state index contributed by atoms with van der Waals surface area (Å²) < 4.78 is 0. The molecule has 0 amide bonds. The fourth-order valence-corrected chi connectivity index (χ4v) is 12.6. The van der Waals surface area contributed by atoms with Crippen molar-refractivity contribution < 1.29 is 0 Å². The van der Waals surface area contributed by atoms with Crippen LogP contribution in [0.5, 0.6) is 0 Å². The van der Waals surface area contributed by atoms with Crippen molar-refractivity contribution in [3.8, 4) is 55.6 Å². The number of fused-ring (bicyclic) bond motifs is 16. The van der Waals surface area contributed by atoms with E-state index in [9.17, 15) is 0 Å². The number of aryl methyl sites for hydroxylation is 2. The maximum absolute atomic E-state index is 2.49. The van der Waals surface area contributed by atoms with Gasteiger partial charge in [0, 0.05) is 27.9 Å². The SMILES string of the molecule is Cc1ccc2c(c1)C1(c3ccccc3-c3ccccc31)c1cc(C)cc(-c3ccc(N(c4ccc5c(c4)C(C)(C)c4ccccc4-5)c4ccc5c(c4)C(C)(C)c4ccccc4-5)cc3)c1-2. The smallest absolute Gasteiger partial charge is 0.0725 e. The average molecular weight is 820 g/mol. The number of hydrogen-bond donors (Lipinski definition) is 0. The van der Waals surface area contributed by atoms with Crippen LogP contribution in [0.2, 0.25) is 0 Å². The lowest BCUT2D eigenvalue weighted by molar-refractivity contribution is 0.660. The fourth-order valence-electron chi connectivity index (χ4n) is 12.6. The van der Waals surface area contributed by atoms with Crippen LogP contribution < -0.4 is 4.90 Å². The monoisotopic (exact) mass is 819 g/mol. The molecule has 0 fully saturated rings. The van der Waals surface area contributed by atoms with E-state index in [4.69, 9.17) is 0 Å². The molecule has 1 spiro atoms. The molecule has 0 atom stereocenters. The number of benzene rings is 9. The fraction of sp³-hybridized carbons (Fsp3) is 0.143. The molecule has 306 valence electrons. The molecule has 0 bridgehead atoms. The summed E-state index contributed by atoms with van der Waals surface area (Å²) in [6, 6.07) is 71.9. The highest BCUT2D eigenvalue weighted by atomic mass is 15.1. The zero-order chi connectivity index (χ0) is 43.3. The van der Waals surface area contributed by atoms with Gasteiger partial charge >= 0.3 is 0 Å². The lowest BCUT2D eigenvalue weighted by atomic mass is 9.70. The Kier molecular flexibility index (Phi) is 7.54. The van der Waals surface area contributed by atoms with Crippen molar-refractivity contribution in [3.05, 3.63) is 244 Å². The number of rotatable bonds is 4. The summed E-state index contributed by atoms with van der Waals surface area (Å²) >= 11 is 0. The van der Waals surface area contributed by atoms with Crippen molar-refractivity contribution >= 4 is 17.1 Å². The molecule has 9 aromatic carbocycles. The van der Waals surface area contributed by atoms with Crippen LogP contribution >= 0.6 is 0 Å². The van der Waals surface area contributed by atoms with Crippen LogP contribution in [0.25, 0.3) is 55.6 Å². The number of nitrogens with zero attached hydrogens (tertiary/aromatic N) is 1. The maximum Gasteiger partial charge on any atom is 0.0725 e. The first-order valence-electron chi connectivity index (χ1n) is 22.9. The summed E-state index contributed by atoms with van der Waals surface area (Å²) in [5, 5.41) is 0.